The largest absolute Gasteiger partial charge is 0.370 e. The summed E-state index contributed by atoms with van der Waals surface area (Å²) in [6, 6.07) is 26.6. The lowest BCUT2D eigenvalue weighted by Gasteiger charge is -2.22. The van der Waals surface area contributed by atoms with Gasteiger partial charge in [0.15, 0.2) is 0 Å². The van der Waals surface area contributed by atoms with Gasteiger partial charge in [-0.05, 0) is 61.7 Å². The molecule has 0 aliphatic carbocycles. The number of aryl methyl sites for hydroxylation is 2. The van der Waals surface area contributed by atoms with Crippen LogP contribution >= 0.6 is 0 Å². The molecule has 1 aliphatic rings. The van der Waals surface area contributed by atoms with Gasteiger partial charge in [0.1, 0.15) is 0 Å². The number of carbonyl (C=O) groups excluding carboxylic acids is 1. The van der Waals surface area contributed by atoms with Crippen molar-refractivity contribution in [2.45, 2.75) is 26.2 Å². The van der Waals surface area contributed by atoms with Crippen LogP contribution in [0, 0.1) is 13.8 Å². The lowest BCUT2D eigenvalue weighted by molar-refractivity contribution is 0.102. The van der Waals surface area contributed by atoms with Gasteiger partial charge in [0, 0.05) is 47.0 Å². The molecule has 4 nitrogen and oxygen atoms in total. The van der Waals surface area contributed by atoms with Crippen molar-refractivity contribution in [1.82, 2.24) is 4.98 Å². The monoisotopic (exact) mass is 421 g/mol. The molecule has 1 aliphatic heterocycles. The van der Waals surface area contributed by atoms with Gasteiger partial charge in [0.25, 0.3) is 5.91 Å². The Kier molecular flexibility index (Phi) is 5.36. The third kappa shape index (κ3) is 3.96. The van der Waals surface area contributed by atoms with E-state index in [1.807, 2.05) is 50.2 Å². The number of fused-ring (bicyclic) bond motifs is 1. The average Bonchev–Trinajstić information content (AvgIpc) is 3.30. The third-order valence-corrected chi connectivity index (χ3v) is 6.36. The summed E-state index contributed by atoms with van der Waals surface area (Å²) < 4.78 is 0. The molecule has 1 fully saturated rings. The van der Waals surface area contributed by atoms with Gasteiger partial charge in [0.2, 0.25) is 0 Å². The standard InChI is InChI=1S/C28H27N3O/c1-19-8-6-7-11-24(19)28(32)30-23-12-13-26-25(17-23)27(16-20(2)29-26)31-15-14-22(18-31)21-9-4-3-5-10-21/h3-13,16-17,22H,14-15,18H2,1-2H3,(H,30,32). The summed E-state index contributed by atoms with van der Waals surface area (Å²) in [6.45, 7) is 6.00. The molecule has 1 unspecified atom stereocenters. The Morgan fingerprint density at radius 3 is 2.56 bits per heavy atom. The maximum Gasteiger partial charge on any atom is 0.255 e. The quantitative estimate of drug-likeness (QED) is 0.433. The molecule has 1 saturated heterocycles. The number of anilines is 2. The second-order valence-electron chi connectivity index (χ2n) is 8.63. The topological polar surface area (TPSA) is 45.2 Å². The second kappa shape index (κ2) is 8.46. The van der Waals surface area contributed by atoms with Crippen LogP contribution in [0.3, 0.4) is 0 Å². The Hall–Kier alpha value is -3.66. The van der Waals surface area contributed by atoms with Crippen molar-refractivity contribution >= 4 is 28.2 Å². The van der Waals surface area contributed by atoms with E-state index < -0.39 is 0 Å². The highest BCUT2D eigenvalue weighted by molar-refractivity contribution is 6.06. The summed E-state index contributed by atoms with van der Waals surface area (Å²) in [4.78, 5) is 20.0. The minimum absolute atomic E-state index is 0.0885. The lowest BCUT2D eigenvalue weighted by atomic mass is 9.99. The molecule has 1 atom stereocenters. The Balaban J connectivity index is 1.46. The summed E-state index contributed by atoms with van der Waals surface area (Å²) in [7, 11) is 0. The molecule has 3 aromatic carbocycles. The smallest absolute Gasteiger partial charge is 0.255 e. The second-order valence-corrected chi connectivity index (χ2v) is 8.63. The molecular formula is C28H27N3O. The fourth-order valence-electron chi connectivity index (χ4n) is 4.68. The summed E-state index contributed by atoms with van der Waals surface area (Å²) >= 11 is 0. The van der Waals surface area contributed by atoms with Crippen molar-refractivity contribution in [3.05, 3.63) is 101 Å². The minimum Gasteiger partial charge on any atom is -0.370 e. The summed E-state index contributed by atoms with van der Waals surface area (Å²) in [5, 5.41) is 4.15. The van der Waals surface area contributed by atoms with Crippen molar-refractivity contribution < 1.29 is 4.79 Å². The van der Waals surface area contributed by atoms with E-state index in [0.29, 0.717) is 11.5 Å². The Bertz CT molecular complexity index is 1280. The molecular weight excluding hydrogens is 394 g/mol. The molecule has 4 aromatic rings. The van der Waals surface area contributed by atoms with E-state index in [0.717, 1.165) is 47.4 Å². The molecule has 160 valence electrons. The molecule has 2 heterocycles. The summed E-state index contributed by atoms with van der Waals surface area (Å²) in [6.07, 6.45) is 1.14. The molecule has 1 N–H and O–H groups in total. The normalized spacial score (nSPS) is 15.8. The van der Waals surface area contributed by atoms with E-state index in [9.17, 15) is 4.79 Å². The van der Waals surface area contributed by atoms with Gasteiger partial charge < -0.3 is 10.2 Å². The van der Waals surface area contributed by atoms with Gasteiger partial charge in [-0.15, -0.1) is 0 Å². The van der Waals surface area contributed by atoms with Crippen molar-refractivity contribution in [2.24, 2.45) is 0 Å². The average molecular weight is 422 g/mol. The molecule has 5 rings (SSSR count). The first-order valence-corrected chi connectivity index (χ1v) is 11.2. The van der Waals surface area contributed by atoms with Crippen LogP contribution in [0.4, 0.5) is 11.4 Å². The molecule has 4 heteroatoms. The van der Waals surface area contributed by atoms with Crippen molar-refractivity contribution in [3.8, 4) is 0 Å². The fourth-order valence-corrected chi connectivity index (χ4v) is 4.68. The Labute approximate surface area is 188 Å². The SMILES string of the molecule is Cc1cc(N2CCC(c3ccccc3)C2)c2cc(NC(=O)c3ccccc3C)ccc2n1. The highest BCUT2D eigenvalue weighted by Crippen LogP contribution is 2.35. The lowest BCUT2D eigenvalue weighted by Crippen LogP contribution is -2.20. The highest BCUT2D eigenvalue weighted by atomic mass is 16.1. The first kappa shape index (κ1) is 20.3. The van der Waals surface area contributed by atoms with Gasteiger partial charge in [-0.3, -0.25) is 9.78 Å². The number of carbonyl (C=O) groups is 1. The number of aromatic nitrogens is 1. The number of benzene rings is 3. The van der Waals surface area contributed by atoms with E-state index in [4.69, 9.17) is 4.98 Å². The van der Waals surface area contributed by atoms with Crippen LogP contribution < -0.4 is 10.2 Å². The van der Waals surface area contributed by atoms with Crippen molar-refractivity contribution in [3.63, 3.8) is 0 Å². The fraction of sp³-hybridized carbons (Fsp3) is 0.214. The van der Waals surface area contributed by atoms with Crippen LogP contribution in [0.15, 0.2) is 78.9 Å². The number of pyridine rings is 1. The molecule has 0 bridgehead atoms. The van der Waals surface area contributed by atoms with Gasteiger partial charge in [-0.1, -0.05) is 48.5 Å². The highest BCUT2D eigenvalue weighted by Gasteiger charge is 2.25. The van der Waals surface area contributed by atoms with E-state index in [1.165, 1.54) is 11.3 Å². The van der Waals surface area contributed by atoms with Gasteiger partial charge >= 0.3 is 0 Å². The van der Waals surface area contributed by atoms with E-state index in [2.05, 4.69) is 52.7 Å². The Morgan fingerprint density at radius 1 is 0.969 bits per heavy atom. The number of nitrogens with one attached hydrogen (secondary N) is 1. The molecule has 1 amide bonds. The minimum atomic E-state index is -0.0885. The van der Waals surface area contributed by atoms with E-state index in [-0.39, 0.29) is 5.91 Å². The Morgan fingerprint density at radius 2 is 1.75 bits per heavy atom. The van der Waals surface area contributed by atoms with Crippen LogP contribution in [-0.4, -0.2) is 24.0 Å². The number of rotatable bonds is 4. The maximum absolute atomic E-state index is 12.8. The zero-order chi connectivity index (χ0) is 22.1. The molecule has 32 heavy (non-hydrogen) atoms. The van der Waals surface area contributed by atoms with E-state index in [1.54, 1.807) is 0 Å². The third-order valence-electron chi connectivity index (χ3n) is 6.36. The summed E-state index contributed by atoms with van der Waals surface area (Å²) in [5.74, 6) is 0.443. The number of hydrogen-bond donors (Lipinski definition) is 1. The molecule has 0 saturated carbocycles. The van der Waals surface area contributed by atoms with Crippen molar-refractivity contribution in [2.75, 3.05) is 23.3 Å². The number of amides is 1. The van der Waals surface area contributed by atoms with Crippen molar-refractivity contribution in [1.29, 1.82) is 0 Å². The van der Waals surface area contributed by atoms with Crippen LogP contribution in [-0.2, 0) is 0 Å². The maximum atomic E-state index is 12.8. The first-order chi connectivity index (χ1) is 15.6. The number of nitrogens with zero attached hydrogens (tertiary/aromatic N) is 2. The number of hydrogen-bond acceptors (Lipinski definition) is 3. The van der Waals surface area contributed by atoms with Gasteiger partial charge in [0.05, 0.1) is 5.52 Å². The van der Waals surface area contributed by atoms with Crippen LogP contribution in [0.5, 0.6) is 0 Å². The van der Waals surface area contributed by atoms with Gasteiger partial charge in [-0.25, -0.2) is 0 Å². The zero-order valence-electron chi connectivity index (χ0n) is 18.5. The van der Waals surface area contributed by atoms with Crippen LogP contribution in [0.2, 0.25) is 0 Å². The zero-order valence-corrected chi connectivity index (χ0v) is 18.5. The predicted octanol–water partition coefficient (Wildman–Crippen LogP) is 6.10. The van der Waals surface area contributed by atoms with E-state index >= 15 is 0 Å². The molecule has 0 radical (unpaired) electrons. The first-order valence-electron chi connectivity index (χ1n) is 11.2. The summed E-state index contributed by atoms with van der Waals surface area (Å²) in [5.41, 5.74) is 7.00. The van der Waals surface area contributed by atoms with Crippen LogP contribution in [0.1, 0.15) is 39.5 Å². The molecule has 1 aromatic heterocycles. The predicted molar refractivity (Wildman–Crippen MR) is 132 cm³/mol. The van der Waals surface area contributed by atoms with Gasteiger partial charge in [-0.2, -0.15) is 0 Å². The molecule has 0 spiro atoms. The van der Waals surface area contributed by atoms with Crippen LogP contribution in [0.25, 0.3) is 10.9 Å².